The van der Waals surface area contributed by atoms with E-state index in [0.717, 1.165) is 62.4 Å². The maximum Gasteiger partial charge on any atom is 0.173 e. The molecule has 0 unspecified atom stereocenters. The lowest BCUT2D eigenvalue weighted by Crippen LogP contribution is -2.40. The summed E-state index contributed by atoms with van der Waals surface area (Å²) >= 11 is 0. The zero-order valence-corrected chi connectivity index (χ0v) is 18.8. The van der Waals surface area contributed by atoms with E-state index in [4.69, 9.17) is 10.7 Å². The molecule has 0 amide bonds. The Kier molecular flexibility index (Phi) is 9.42. The second-order valence-corrected chi connectivity index (χ2v) is 7.69. The summed E-state index contributed by atoms with van der Waals surface area (Å²) in [4.78, 5) is 16.4. The number of nitrogens with two attached hydrogens (primary N) is 1. The summed E-state index contributed by atoms with van der Waals surface area (Å²) in [5.74, 6) is 0.682. The molecule has 2 N–H and O–H groups in total. The number of rotatable bonds is 7. The van der Waals surface area contributed by atoms with E-state index in [9.17, 15) is 0 Å². The van der Waals surface area contributed by atoms with Gasteiger partial charge in [0.1, 0.15) is 5.69 Å². The standard InChI is InChI=1S/C24H37N5/c1-6-9-20(12-15-29-16-13-21(25)14-17-29)18(3)19(4)27-24(26-5)23-11-8-10-22(7-2)28-23/h6,8-11,21H,7,12-17,25H2,1-5H3/b9-6-,20-18-,26-24?,27-19?. The number of pyridine rings is 1. The molecule has 0 aromatic carbocycles. The number of piperidine rings is 1. The van der Waals surface area contributed by atoms with Crippen molar-refractivity contribution in [2.75, 3.05) is 26.7 Å². The largest absolute Gasteiger partial charge is 0.328 e. The van der Waals surface area contributed by atoms with E-state index >= 15 is 0 Å². The first-order chi connectivity index (χ1) is 14.0. The lowest BCUT2D eigenvalue weighted by Gasteiger charge is -2.30. The van der Waals surface area contributed by atoms with Gasteiger partial charge < -0.3 is 10.6 Å². The molecule has 1 fully saturated rings. The summed E-state index contributed by atoms with van der Waals surface area (Å²) in [5, 5.41) is 0. The Labute approximate surface area is 176 Å². The number of hydrogen-bond acceptors (Lipinski definition) is 4. The molecule has 1 aromatic heterocycles. The normalized spacial score (nSPS) is 18.4. The topological polar surface area (TPSA) is 66.9 Å². The Bertz CT molecular complexity index is 780. The fourth-order valence-electron chi connectivity index (χ4n) is 3.55. The van der Waals surface area contributed by atoms with Gasteiger partial charge in [0, 0.05) is 31.0 Å². The average Bonchev–Trinajstić information content (AvgIpc) is 2.75. The summed E-state index contributed by atoms with van der Waals surface area (Å²) in [6, 6.07) is 6.41. The van der Waals surface area contributed by atoms with Crippen molar-refractivity contribution in [2.24, 2.45) is 15.7 Å². The molecule has 5 heteroatoms. The molecule has 0 saturated carbocycles. The fourth-order valence-corrected chi connectivity index (χ4v) is 3.55. The van der Waals surface area contributed by atoms with Crippen LogP contribution in [0, 0.1) is 0 Å². The highest BCUT2D eigenvalue weighted by atomic mass is 15.1. The van der Waals surface area contributed by atoms with Crippen LogP contribution in [0.25, 0.3) is 0 Å². The van der Waals surface area contributed by atoms with Crippen LogP contribution >= 0.6 is 0 Å². The molecular formula is C24H37N5. The zero-order valence-electron chi connectivity index (χ0n) is 18.8. The highest BCUT2D eigenvalue weighted by Crippen LogP contribution is 2.17. The molecule has 0 aliphatic carbocycles. The van der Waals surface area contributed by atoms with Gasteiger partial charge in [-0.15, -0.1) is 0 Å². The number of aromatic nitrogens is 1. The molecule has 158 valence electrons. The van der Waals surface area contributed by atoms with Crippen molar-refractivity contribution in [3.63, 3.8) is 0 Å². The van der Waals surface area contributed by atoms with Crippen LogP contribution in [0.1, 0.15) is 58.3 Å². The molecule has 0 bridgehead atoms. The van der Waals surface area contributed by atoms with E-state index in [-0.39, 0.29) is 0 Å². The third-order valence-electron chi connectivity index (χ3n) is 5.61. The van der Waals surface area contributed by atoms with Crippen LogP contribution in [0.5, 0.6) is 0 Å². The molecule has 2 heterocycles. The number of hydrogen-bond donors (Lipinski definition) is 1. The van der Waals surface area contributed by atoms with Crippen molar-refractivity contribution in [1.29, 1.82) is 0 Å². The van der Waals surface area contributed by atoms with Crippen LogP contribution < -0.4 is 5.73 Å². The minimum Gasteiger partial charge on any atom is -0.328 e. The summed E-state index contributed by atoms with van der Waals surface area (Å²) in [6.07, 6.45) is 8.44. The number of aryl methyl sites for hydroxylation is 1. The quantitative estimate of drug-likeness (QED) is 0.428. The van der Waals surface area contributed by atoms with Gasteiger partial charge in [0.2, 0.25) is 0 Å². The first-order valence-corrected chi connectivity index (χ1v) is 10.8. The molecular weight excluding hydrogens is 358 g/mol. The molecule has 1 aliphatic heterocycles. The van der Waals surface area contributed by atoms with Gasteiger partial charge in [-0.1, -0.05) is 25.1 Å². The smallest absolute Gasteiger partial charge is 0.173 e. The van der Waals surface area contributed by atoms with Gasteiger partial charge in [0.05, 0.1) is 0 Å². The van der Waals surface area contributed by atoms with Crippen molar-refractivity contribution in [2.45, 2.75) is 59.4 Å². The second-order valence-electron chi connectivity index (χ2n) is 7.69. The van der Waals surface area contributed by atoms with Crippen LogP contribution in [-0.2, 0) is 6.42 Å². The molecule has 5 nitrogen and oxygen atoms in total. The molecule has 0 radical (unpaired) electrons. The Balaban J connectivity index is 2.18. The van der Waals surface area contributed by atoms with E-state index in [0.29, 0.717) is 11.9 Å². The van der Waals surface area contributed by atoms with Gasteiger partial charge in [-0.3, -0.25) is 4.99 Å². The summed E-state index contributed by atoms with van der Waals surface area (Å²) in [5.41, 5.74) is 11.4. The zero-order chi connectivity index (χ0) is 21.2. The number of aliphatic imine (C=N–C) groups is 2. The van der Waals surface area contributed by atoms with E-state index in [1.165, 1.54) is 11.1 Å². The second kappa shape index (κ2) is 11.8. The van der Waals surface area contributed by atoms with Crippen LogP contribution in [0.3, 0.4) is 0 Å². The number of likely N-dealkylation sites (tertiary alicyclic amines) is 1. The molecule has 1 aliphatic rings. The monoisotopic (exact) mass is 395 g/mol. The highest BCUT2D eigenvalue weighted by Gasteiger charge is 2.16. The van der Waals surface area contributed by atoms with Crippen LogP contribution in [0.15, 0.2) is 51.5 Å². The van der Waals surface area contributed by atoms with Crippen molar-refractivity contribution in [3.05, 3.63) is 52.9 Å². The fraction of sp³-hybridized carbons (Fsp3) is 0.542. The maximum absolute atomic E-state index is 6.03. The SMILES string of the molecule is C/C=C\C(CCN1CCC(N)CC1)=C(/C)C(C)=NC(=NC)c1cccc(CC)n1. The maximum atomic E-state index is 6.03. The number of amidine groups is 1. The van der Waals surface area contributed by atoms with E-state index in [1.807, 2.05) is 18.2 Å². The number of allylic oxidation sites excluding steroid dienone is 3. The van der Waals surface area contributed by atoms with Gasteiger partial charge in [-0.2, -0.15) is 0 Å². The number of nitrogens with zero attached hydrogens (tertiary/aromatic N) is 4. The lowest BCUT2D eigenvalue weighted by molar-refractivity contribution is 0.216. The molecule has 2 rings (SSSR count). The lowest BCUT2D eigenvalue weighted by atomic mass is 10.0. The van der Waals surface area contributed by atoms with E-state index in [1.54, 1.807) is 7.05 Å². The van der Waals surface area contributed by atoms with Crippen molar-refractivity contribution in [3.8, 4) is 0 Å². The summed E-state index contributed by atoms with van der Waals surface area (Å²) in [6.45, 7) is 11.7. The van der Waals surface area contributed by atoms with Gasteiger partial charge in [-0.25, -0.2) is 9.98 Å². The molecule has 0 atom stereocenters. The van der Waals surface area contributed by atoms with Crippen molar-refractivity contribution < 1.29 is 0 Å². The minimum absolute atomic E-state index is 0.375. The first kappa shape index (κ1) is 23.2. The van der Waals surface area contributed by atoms with Crippen molar-refractivity contribution >= 4 is 11.5 Å². The Morgan fingerprint density at radius 2 is 2.00 bits per heavy atom. The Morgan fingerprint density at radius 1 is 1.28 bits per heavy atom. The predicted molar refractivity (Wildman–Crippen MR) is 125 cm³/mol. The van der Waals surface area contributed by atoms with Crippen LogP contribution in [0.2, 0.25) is 0 Å². The van der Waals surface area contributed by atoms with E-state index < -0.39 is 0 Å². The third-order valence-corrected chi connectivity index (χ3v) is 5.61. The molecule has 1 saturated heterocycles. The summed E-state index contributed by atoms with van der Waals surface area (Å²) < 4.78 is 0. The predicted octanol–water partition coefficient (Wildman–Crippen LogP) is 4.19. The Hall–Kier alpha value is -2.11. The van der Waals surface area contributed by atoms with Gasteiger partial charge in [0.25, 0.3) is 0 Å². The van der Waals surface area contributed by atoms with Crippen molar-refractivity contribution in [1.82, 2.24) is 9.88 Å². The highest BCUT2D eigenvalue weighted by molar-refractivity contribution is 6.10. The molecule has 1 aromatic rings. The minimum atomic E-state index is 0.375. The van der Waals surface area contributed by atoms with Crippen LogP contribution in [0.4, 0.5) is 0 Å². The average molecular weight is 396 g/mol. The summed E-state index contributed by atoms with van der Waals surface area (Å²) in [7, 11) is 1.78. The van der Waals surface area contributed by atoms with Gasteiger partial charge in [-0.05, 0) is 82.8 Å². The van der Waals surface area contributed by atoms with E-state index in [2.05, 4.69) is 54.7 Å². The third kappa shape index (κ3) is 7.02. The first-order valence-electron chi connectivity index (χ1n) is 10.8. The van der Waals surface area contributed by atoms with Gasteiger partial charge >= 0.3 is 0 Å². The molecule has 0 spiro atoms. The molecule has 29 heavy (non-hydrogen) atoms. The van der Waals surface area contributed by atoms with Crippen LogP contribution in [-0.4, -0.2) is 54.2 Å². The van der Waals surface area contributed by atoms with Gasteiger partial charge in [0.15, 0.2) is 5.84 Å². The Morgan fingerprint density at radius 3 is 2.62 bits per heavy atom.